The van der Waals surface area contributed by atoms with Crippen molar-refractivity contribution in [3.8, 4) is 16.9 Å². The van der Waals surface area contributed by atoms with Crippen LogP contribution in [0.4, 0.5) is 0 Å². The highest BCUT2D eigenvalue weighted by Crippen LogP contribution is 2.26. The minimum absolute atomic E-state index is 0.0154. The lowest BCUT2D eigenvalue weighted by Crippen LogP contribution is -2.01. The van der Waals surface area contributed by atoms with Crippen LogP contribution in [0.1, 0.15) is 28.5 Å². The van der Waals surface area contributed by atoms with Crippen molar-refractivity contribution in [3.05, 3.63) is 88.8 Å². The second-order valence-electron chi connectivity index (χ2n) is 6.67. The van der Waals surface area contributed by atoms with Crippen LogP contribution < -0.4 is 0 Å². The molecule has 2 aromatic heterocycles. The first-order valence-corrected chi connectivity index (χ1v) is 9.34. The van der Waals surface area contributed by atoms with Crippen molar-refractivity contribution in [1.29, 1.82) is 0 Å². The largest absolute Gasteiger partial charge is 0.294 e. The molecule has 0 amide bonds. The number of aromatic nitrogens is 4. The molecule has 0 atom stereocenters. The minimum atomic E-state index is 0.0154. The van der Waals surface area contributed by atoms with Gasteiger partial charge in [-0.05, 0) is 38.1 Å². The zero-order valence-corrected chi connectivity index (χ0v) is 16.4. The SMILES string of the molecule is CC(=O)c1cn(Cc2cn(-c3ccccc3)nc2-c2ccc(Cl)cc2)nc1C. The third-order valence-corrected chi connectivity index (χ3v) is 4.84. The number of para-hydroxylation sites is 1. The summed E-state index contributed by atoms with van der Waals surface area (Å²) in [4.78, 5) is 11.8. The number of aryl methyl sites for hydroxylation is 1. The number of ketones is 1. The zero-order valence-electron chi connectivity index (χ0n) is 15.6. The quantitative estimate of drug-likeness (QED) is 0.453. The number of nitrogens with zero attached hydrogens (tertiary/aromatic N) is 4. The number of halogens is 1. The summed E-state index contributed by atoms with van der Waals surface area (Å²) in [6.45, 7) is 3.92. The highest BCUT2D eigenvalue weighted by atomic mass is 35.5. The molecule has 4 aromatic rings. The summed E-state index contributed by atoms with van der Waals surface area (Å²) in [7, 11) is 0. The van der Waals surface area contributed by atoms with Crippen LogP contribution in [0.15, 0.2) is 67.0 Å². The Morgan fingerprint density at radius 3 is 2.36 bits per heavy atom. The van der Waals surface area contributed by atoms with E-state index in [4.69, 9.17) is 16.7 Å². The van der Waals surface area contributed by atoms with Crippen molar-refractivity contribution >= 4 is 17.4 Å². The van der Waals surface area contributed by atoms with E-state index in [0.29, 0.717) is 17.1 Å². The monoisotopic (exact) mass is 390 g/mol. The van der Waals surface area contributed by atoms with Crippen molar-refractivity contribution in [2.24, 2.45) is 0 Å². The fourth-order valence-electron chi connectivity index (χ4n) is 3.21. The number of carbonyl (C=O) groups excluding carboxylic acids is 1. The molecule has 0 radical (unpaired) electrons. The second kappa shape index (κ2) is 7.44. The molecular formula is C22H19ClN4O. The maximum Gasteiger partial charge on any atom is 0.163 e. The first kappa shape index (κ1) is 18.2. The Morgan fingerprint density at radius 1 is 1.00 bits per heavy atom. The number of carbonyl (C=O) groups is 1. The molecule has 140 valence electrons. The Hall–Kier alpha value is -3.18. The van der Waals surface area contributed by atoms with Gasteiger partial charge in [-0.1, -0.05) is 41.9 Å². The van der Waals surface area contributed by atoms with Crippen LogP contribution in [0.25, 0.3) is 16.9 Å². The standard InChI is InChI=1S/C22H19ClN4O/c1-15-21(16(2)28)14-26(24-15)12-18-13-27(20-6-4-3-5-7-20)25-22(18)17-8-10-19(23)11-9-17/h3-11,13-14H,12H2,1-2H3. The lowest BCUT2D eigenvalue weighted by Gasteiger charge is -2.03. The Morgan fingerprint density at radius 2 is 1.71 bits per heavy atom. The molecule has 28 heavy (non-hydrogen) atoms. The predicted octanol–water partition coefficient (Wildman–Crippen LogP) is 4.95. The van der Waals surface area contributed by atoms with Crippen LogP contribution in [0.3, 0.4) is 0 Å². The average Bonchev–Trinajstić information content (AvgIpc) is 3.27. The molecule has 0 bridgehead atoms. The number of hydrogen-bond donors (Lipinski definition) is 0. The van der Waals surface area contributed by atoms with E-state index in [2.05, 4.69) is 5.10 Å². The first-order valence-electron chi connectivity index (χ1n) is 8.96. The van der Waals surface area contributed by atoms with Crippen LogP contribution >= 0.6 is 11.6 Å². The fraction of sp³-hybridized carbons (Fsp3) is 0.136. The maximum atomic E-state index is 11.8. The van der Waals surface area contributed by atoms with Gasteiger partial charge in [0, 0.05) is 28.5 Å². The van der Waals surface area contributed by atoms with Gasteiger partial charge < -0.3 is 0 Å². The van der Waals surface area contributed by atoms with Gasteiger partial charge in [0.05, 0.1) is 29.2 Å². The van der Waals surface area contributed by atoms with E-state index in [-0.39, 0.29) is 5.78 Å². The second-order valence-corrected chi connectivity index (χ2v) is 7.11. The number of benzene rings is 2. The van der Waals surface area contributed by atoms with Crippen molar-refractivity contribution < 1.29 is 4.79 Å². The normalized spacial score (nSPS) is 11.0. The third-order valence-electron chi connectivity index (χ3n) is 4.59. The molecule has 0 saturated carbocycles. The minimum Gasteiger partial charge on any atom is -0.294 e. The molecule has 0 saturated heterocycles. The van der Waals surface area contributed by atoms with E-state index in [1.54, 1.807) is 17.8 Å². The summed E-state index contributed by atoms with van der Waals surface area (Å²) in [6, 6.07) is 17.6. The van der Waals surface area contributed by atoms with Gasteiger partial charge in [0.1, 0.15) is 0 Å². The topological polar surface area (TPSA) is 52.7 Å². The highest BCUT2D eigenvalue weighted by Gasteiger charge is 2.15. The Kier molecular flexibility index (Phi) is 4.84. The van der Waals surface area contributed by atoms with E-state index in [1.165, 1.54) is 0 Å². The smallest absolute Gasteiger partial charge is 0.163 e. The predicted molar refractivity (Wildman–Crippen MR) is 110 cm³/mol. The van der Waals surface area contributed by atoms with E-state index in [9.17, 15) is 4.79 Å². The van der Waals surface area contributed by atoms with Crippen LogP contribution in [-0.2, 0) is 6.54 Å². The van der Waals surface area contributed by atoms with E-state index in [0.717, 1.165) is 28.2 Å². The summed E-state index contributed by atoms with van der Waals surface area (Å²) in [6.07, 6.45) is 3.80. The molecule has 5 nitrogen and oxygen atoms in total. The number of rotatable bonds is 5. The molecule has 0 aliphatic rings. The van der Waals surface area contributed by atoms with Gasteiger partial charge in [0.2, 0.25) is 0 Å². The Bertz CT molecular complexity index is 1130. The summed E-state index contributed by atoms with van der Waals surface area (Å²) in [5.41, 5.74) is 5.19. The highest BCUT2D eigenvalue weighted by molar-refractivity contribution is 6.30. The van der Waals surface area contributed by atoms with Gasteiger partial charge in [-0.3, -0.25) is 9.48 Å². The fourth-order valence-corrected chi connectivity index (χ4v) is 3.33. The Balaban J connectivity index is 1.78. The average molecular weight is 391 g/mol. The summed E-state index contributed by atoms with van der Waals surface area (Å²) < 4.78 is 3.65. The molecule has 0 aliphatic heterocycles. The number of hydrogen-bond acceptors (Lipinski definition) is 3. The third kappa shape index (κ3) is 3.62. The molecule has 0 N–H and O–H groups in total. The molecule has 6 heteroatoms. The van der Waals surface area contributed by atoms with Gasteiger partial charge in [-0.25, -0.2) is 4.68 Å². The van der Waals surface area contributed by atoms with Gasteiger partial charge in [-0.15, -0.1) is 0 Å². The molecule has 0 spiro atoms. The molecular weight excluding hydrogens is 372 g/mol. The van der Waals surface area contributed by atoms with Crippen molar-refractivity contribution in [2.75, 3.05) is 0 Å². The first-order chi connectivity index (χ1) is 13.5. The molecule has 0 unspecified atom stereocenters. The molecule has 0 fully saturated rings. The zero-order chi connectivity index (χ0) is 19.7. The van der Waals surface area contributed by atoms with E-state index >= 15 is 0 Å². The molecule has 2 heterocycles. The van der Waals surface area contributed by atoms with Gasteiger partial charge in [-0.2, -0.15) is 10.2 Å². The number of Topliss-reactive ketones (excluding diaryl/α,β-unsaturated/α-hetero) is 1. The van der Waals surface area contributed by atoms with Crippen molar-refractivity contribution in [1.82, 2.24) is 19.6 Å². The lowest BCUT2D eigenvalue weighted by atomic mass is 10.1. The lowest BCUT2D eigenvalue weighted by molar-refractivity contribution is 0.101. The summed E-state index contributed by atoms with van der Waals surface area (Å²) in [5.74, 6) is 0.0154. The Labute approximate surface area is 168 Å². The summed E-state index contributed by atoms with van der Waals surface area (Å²) in [5, 5.41) is 9.98. The van der Waals surface area contributed by atoms with Gasteiger partial charge >= 0.3 is 0 Å². The van der Waals surface area contributed by atoms with E-state index < -0.39 is 0 Å². The van der Waals surface area contributed by atoms with Gasteiger partial charge in [0.25, 0.3) is 0 Å². The van der Waals surface area contributed by atoms with Crippen LogP contribution in [0, 0.1) is 6.92 Å². The van der Waals surface area contributed by atoms with Crippen LogP contribution in [0.5, 0.6) is 0 Å². The maximum absolute atomic E-state index is 11.8. The van der Waals surface area contributed by atoms with Crippen LogP contribution in [0.2, 0.25) is 5.02 Å². The van der Waals surface area contributed by atoms with Gasteiger partial charge in [0.15, 0.2) is 5.78 Å². The molecule has 0 aliphatic carbocycles. The van der Waals surface area contributed by atoms with Crippen molar-refractivity contribution in [2.45, 2.75) is 20.4 Å². The summed E-state index contributed by atoms with van der Waals surface area (Å²) >= 11 is 6.05. The molecule has 2 aromatic carbocycles. The van der Waals surface area contributed by atoms with Crippen molar-refractivity contribution in [3.63, 3.8) is 0 Å². The van der Waals surface area contributed by atoms with E-state index in [1.807, 2.05) is 72.4 Å². The molecule has 4 rings (SSSR count). The van der Waals surface area contributed by atoms with Crippen LogP contribution in [-0.4, -0.2) is 25.3 Å².